The first-order valence-electron chi connectivity index (χ1n) is 10.6. The average molecular weight is 483 g/mol. The number of halogens is 2. The van der Waals surface area contributed by atoms with Crippen LogP contribution >= 0.6 is 23.2 Å². The van der Waals surface area contributed by atoms with Crippen LogP contribution in [0, 0.1) is 0 Å². The van der Waals surface area contributed by atoms with Crippen LogP contribution in [0.5, 0.6) is 11.5 Å². The summed E-state index contributed by atoms with van der Waals surface area (Å²) < 4.78 is 17.7. The maximum Gasteiger partial charge on any atom is 0.235 e. The van der Waals surface area contributed by atoms with Gasteiger partial charge in [0.15, 0.2) is 5.76 Å². The molecule has 0 N–H and O–H groups in total. The highest BCUT2D eigenvalue weighted by Crippen LogP contribution is 2.33. The van der Waals surface area contributed by atoms with E-state index in [9.17, 15) is 4.79 Å². The van der Waals surface area contributed by atoms with Gasteiger partial charge in [0, 0.05) is 15.6 Å². The van der Waals surface area contributed by atoms with Crippen molar-refractivity contribution in [2.24, 2.45) is 0 Å². The van der Waals surface area contributed by atoms with E-state index < -0.39 is 0 Å². The molecular formula is C27H24Cl2O4. The first kappa shape index (κ1) is 23.2. The molecule has 4 nitrogen and oxygen atoms in total. The Kier molecular flexibility index (Phi) is 6.68. The van der Waals surface area contributed by atoms with Crippen molar-refractivity contribution in [2.45, 2.75) is 26.2 Å². The van der Waals surface area contributed by atoms with Crippen LogP contribution in [0.1, 0.15) is 26.3 Å². The smallest absolute Gasteiger partial charge is 0.235 e. The number of benzene rings is 3. The lowest BCUT2D eigenvalue weighted by atomic mass is 9.86. The van der Waals surface area contributed by atoms with Gasteiger partial charge in [-0.2, -0.15) is 0 Å². The van der Waals surface area contributed by atoms with E-state index in [4.69, 9.17) is 37.1 Å². The summed E-state index contributed by atoms with van der Waals surface area (Å²) in [5, 5.41) is 1.45. The maximum atomic E-state index is 13.3. The van der Waals surface area contributed by atoms with Gasteiger partial charge < -0.3 is 13.9 Å². The molecule has 0 saturated carbocycles. The first-order valence-corrected chi connectivity index (χ1v) is 11.4. The van der Waals surface area contributed by atoms with Crippen molar-refractivity contribution in [1.82, 2.24) is 0 Å². The zero-order valence-electron chi connectivity index (χ0n) is 18.7. The first-order chi connectivity index (χ1) is 15.7. The molecule has 0 unspecified atom stereocenters. The van der Waals surface area contributed by atoms with Crippen LogP contribution in [0.3, 0.4) is 0 Å². The Morgan fingerprint density at radius 3 is 2.12 bits per heavy atom. The summed E-state index contributed by atoms with van der Waals surface area (Å²) in [5.41, 5.74) is 2.12. The fraction of sp³-hybridized carbons (Fsp3) is 0.222. The van der Waals surface area contributed by atoms with Gasteiger partial charge in [0.1, 0.15) is 24.5 Å². The molecule has 0 fully saturated rings. The number of ether oxygens (including phenoxy) is 2. The predicted molar refractivity (Wildman–Crippen MR) is 134 cm³/mol. The highest BCUT2D eigenvalue weighted by Gasteiger charge is 2.19. The van der Waals surface area contributed by atoms with E-state index in [0.717, 1.165) is 5.56 Å². The summed E-state index contributed by atoms with van der Waals surface area (Å²) in [4.78, 5) is 13.3. The Hall–Kier alpha value is -2.95. The Morgan fingerprint density at radius 2 is 1.45 bits per heavy atom. The molecule has 0 saturated heterocycles. The molecular weight excluding hydrogens is 459 g/mol. The van der Waals surface area contributed by atoms with Gasteiger partial charge in [0.05, 0.1) is 5.39 Å². The normalized spacial score (nSPS) is 11.5. The minimum atomic E-state index is -0.278. The van der Waals surface area contributed by atoms with Crippen LogP contribution in [0.25, 0.3) is 22.3 Å². The van der Waals surface area contributed by atoms with Crippen LogP contribution in [-0.4, -0.2) is 13.2 Å². The lowest BCUT2D eigenvalue weighted by molar-refractivity contribution is 0.214. The summed E-state index contributed by atoms with van der Waals surface area (Å²) in [5.74, 6) is 1.17. The van der Waals surface area contributed by atoms with Gasteiger partial charge in [-0.25, -0.2) is 0 Å². The molecule has 0 amide bonds. The van der Waals surface area contributed by atoms with E-state index in [2.05, 4.69) is 20.8 Å². The van der Waals surface area contributed by atoms with Crippen molar-refractivity contribution in [2.75, 3.05) is 13.2 Å². The fourth-order valence-corrected chi connectivity index (χ4v) is 3.73. The number of hydrogen-bond donors (Lipinski definition) is 0. The zero-order valence-corrected chi connectivity index (χ0v) is 20.2. The molecule has 0 aliphatic rings. The molecule has 4 aromatic rings. The Bertz CT molecular complexity index is 1320. The summed E-state index contributed by atoms with van der Waals surface area (Å²) in [6.45, 7) is 6.86. The second kappa shape index (κ2) is 9.50. The van der Waals surface area contributed by atoms with Gasteiger partial charge in [0.25, 0.3) is 0 Å². The topological polar surface area (TPSA) is 48.7 Å². The van der Waals surface area contributed by atoms with Gasteiger partial charge in [-0.15, -0.1) is 0 Å². The van der Waals surface area contributed by atoms with Gasteiger partial charge in [-0.05, 0) is 53.4 Å². The van der Waals surface area contributed by atoms with Crippen molar-refractivity contribution in [3.05, 3.63) is 92.6 Å². The van der Waals surface area contributed by atoms with Gasteiger partial charge in [-0.3, -0.25) is 4.79 Å². The van der Waals surface area contributed by atoms with Crippen LogP contribution in [-0.2, 0) is 5.41 Å². The van der Waals surface area contributed by atoms with E-state index in [1.165, 1.54) is 5.56 Å². The Balaban J connectivity index is 1.66. The standard InChI is InChI=1S/C27H24Cl2O4/c1-27(2,3)18-6-4-17(5-7-18)25-26(24(30)22-16-20(29)10-13-23(22)33-25)32-15-14-31-21-11-8-19(28)9-12-21/h4-13,16H,14-15H2,1-3H3. The summed E-state index contributed by atoms with van der Waals surface area (Å²) >= 11 is 12.0. The summed E-state index contributed by atoms with van der Waals surface area (Å²) in [7, 11) is 0. The van der Waals surface area contributed by atoms with E-state index in [1.54, 1.807) is 42.5 Å². The predicted octanol–water partition coefficient (Wildman–Crippen LogP) is 7.52. The molecule has 0 aliphatic carbocycles. The molecule has 170 valence electrons. The molecule has 6 heteroatoms. The number of hydrogen-bond acceptors (Lipinski definition) is 4. The SMILES string of the molecule is CC(C)(C)c1ccc(-c2oc3ccc(Cl)cc3c(=O)c2OCCOc2ccc(Cl)cc2)cc1. The minimum absolute atomic E-state index is 0.0117. The maximum absolute atomic E-state index is 13.3. The Labute approximate surface area is 202 Å². The van der Waals surface area contributed by atoms with Crippen molar-refractivity contribution >= 4 is 34.2 Å². The zero-order chi connectivity index (χ0) is 23.6. The highest BCUT2D eigenvalue weighted by atomic mass is 35.5. The summed E-state index contributed by atoms with van der Waals surface area (Å²) in [6.07, 6.45) is 0. The van der Waals surface area contributed by atoms with Crippen LogP contribution < -0.4 is 14.9 Å². The van der Waals surface area contributed by atoms with E-state index >= 15 is 0 Å². The van der Waals surface area contributed by atoms with Crippen molar-refractivity contribution < 1.29 is 13.9 Å². The molecule has 33 heavy (non-hydrogen) atoms. The largest absolute Gasteiger partial charge is 0.490 e. The van der Waals surface area contributed by atoms with E-state index in [0.29, 0.717) is 32.5 Å². The van der Waals surface area contributed by atoms with Gasteiger partial charge in [0.2, 0.25) is 11.2 Å². The molecule has 4 rings (SSSR count). The second-order valence-electron chi connectivity index (χ2n) is 8.71. The molecule has 3 aromatic carbocycles. The highest BCUT2D eigenvalue weighted by molar-refractivity contribution is 6.31. The third-order valence-electron chi connectivity index (χ3n) is 5.24. The minimum Gasteiger partial charge on any atom is -0.490 e. The van der Waals surface area contributed by atoms with Crippen LogP contribution in [0.4, 0.5) is 0 Å². The molecule has 0 atom stereocenters. The molecule has 1 heterocycles. The van der Waals surface area contributed by atoms with Crippen molar-refractivity contribution in [3.8, 4) is 22.8 Å². The average Bonchev–Trinajstić information content (AvgIpc) is 2.79. The molecule has 0 spiro atoms. The summed E-state index contributed by atoms with van der Waals surface area (Å²) in [6, 6.07) is 20.0. The third-order valence-corrected chi connectivity index (χ3v) is 5.72. The van der Waals surface area contributed by atoms with Gasteiger partial charge >= 0.3 is 0 Å². The third kappa shape index (κ3) is 5.35. The Morgan fingerprint density at radius 1 is 0.818 bits per heavy atom. The molecule has 0 radical (unpaired) electrons. The van der Waals surface area contributed by atoms with E-state index in [1.807, 2.05) is 24.3 Å². The molecule has 0 bridgehead atoms. The quantitative estimate of drug-likeness (QED) is 0.266. The fourth-order valence-electron chi connectivity index (χ4n) is 3.43. The molecule has 1 aromatic heterocycles. The lowest BCUT2D eigenvalue weighted by Gasteiger charge is -2.19. The van der Waals surface area contributed by atoms with Crippen LogP contribution in [0.15, 0.2) is 75.9 Å². The molecule has 0 aliphatic heterocycles. The van der Waals surface area contributed by atoms with Crippen molar-refractivity contribution in [3.63, 3.8) is 0 Å². The van der Waals surface area contributed by atoms with Crippen LogP contribution in [0.2, 0.25) is 10.0 Å². The van der Waals surface area contributed by atoms with Crippen molar-refractivity contribution in [1.29, 1.82) is 0 Å². The lowest BCUT2D eigenvalue weighted by Crippen LogP contribution is -2.15. The number of fused-ring (bicyclic) bond motifs is 1. The van der Waals surface area contributed by atoms with Gasteiger partial charge in [-0.1, -0.05) is 68.2 Å². The monoisotopic (exact) mass is 482 g/mol. The number of rotatable bonds is 6. The second-order valence-corrected chi connectivity index (χ2v) is 9.58. The van der Waals surface area contributed by atoms with E-state index in [-0.39, 0.29) is 29.8 Å².